The molecule has 0 saturated carbocycles. The predicted molar refractivity (Wildman–Crippen MR) is 92.2 cm³/mol. The van der Waals surface area contributed by atoms with Gasteiger partial charge < -0.3 is 10.2 Å². The summed E-state index contributed by atoms with van der Waals surface area (Å²) in [5.41, 5.74) is 1.31. The summed E-state index contributed by atoms with van der Waals surface area (Å²) < 4.78 is 0. The van der Waals surface area contributed by atoms with Crippen molar-refractivity contribution in [1.29, 1.82) is 0 Å². The highest BCUT2D eigenvalue weighted by Gasteiger charge is 2.29. The third-order valence-electron chi connectivity index (χ3n) is 4.32. The molecule has 2 amide bonds. The number of carbonyl (C=O) groups is 2. The molecule has 1 aromatic carbocycles. The molecule has 1 N–H and O–H groups in total. The maximum Gasteiger partial charge on any atom is 0.246 e. The van der Waals surface area contributed by atoms with Crippen LogP contribution in [0.3, 0.4) is 0 Å². The van der Waals surface area contributed by atoms with Crippen molar-refractivity contribution in [2.75, 3.05) is 37.7 Å². The number of nitrogens with zero attached hydrogens (tertiary/aromatic N) is 2. The molecule has 0 aromatic heterocycles. The van der Waals surface area contributed by atoms with E-state index in [1.807, 2.05) is 11.0 Å². The van der Waals surface area contributed by atoms with Crippen LogP contribution in [-0.4, -0.2) is 65.3 Å². The molecule has 0 radical (unpaired) electrons. The fourth-order valence-corrected chi connectivity index (χ4v) is 3.95. The molecule has 2 aliphatic rings. The van der Waals surface area contributed by atoms with Gasteiger partial charge in [-0.25, -0.2) is 0 Å². The highest BCUT2D eigenvalue weighted by Crippen LogP contribution is 2.14. The Bertz CT molecular complexity index is 544. The van der Waals surface area contributed by atoms with Gasteiger partial charge in [-0.1, -0.05) is 30.3 Å². The molecule has 2 aliphatic heterocycles. The van der Waals surface area contributed by atoms with Gasteiger partial charge >= 0.3 is 0 Å². The summed E-state index contributed by atoms with van der Waals surface area (Å²) in [5.74, 6) is 1.57. The highest BCUT2D eigenvalue weighted by molar-refractivity contribution is 7.99. The number of carbonyl (C=O) groups excluding carboxylic acids is 2. The van der Waals surface area contributed by atoms with E-state index in [0.717, 1.165) is 38.5 Å². The smallest absolute Gasteiger partial charge is 0.246 e. The summed E-state index contributed by atoms with van der Waals surface area (Å²) in [4.78, 5) is 28.5. The predicted octanol–water partition coefficient (Wildman–Crippen LogP) is 0.952. The van der Waals surface area contributed by atoms with Gasteiger partial charge in [0, 0.05) is 50.7 Å². The van der Waals surface area contributed by atoms with Crippen LogP contribution >= 0.6 is 11.8 Å². The van der Waals surface area contributed by atoms with Crippen molar-refractivity contribution >= 4 is 23.6 Å². The van der Waals surface area contributed by atoms with Crippen molar-refractivity contribution in [2.24, 2.45) is 0 Å². The first-order valence-electron chi connectivity index (χ1n) is 8.14. The first-order valence-corrected chi connectivity index (χ1v) is 9.30. The third-order valence-corrected chi connectivity index (χ3v) is 5.39. The van der Waals surface area contributed by atoms with Gasteiger partial charge in [0.1, 0.15) is 6.04 Å². The van der Waals surface area contributed by atoms with Crippen molar-refractivity contribution < 1.29 is 9.59 Å². The molecule has 1 aromatic rings. The Morgan fingerprint density at radius 2 is 1.91 bits per heavy atom. The van der Waals surface area contributed by atoms with Crippen molar-refractivity contribution in [3.63, 3.8) is 0 Å². The second kappa shape index (κ2) is 7.84. The van der Waals surface area contributed by atoms with Crippen LogP contribution in [0.4, 0.5) is 0 Å². The molecule has 0 aliphatic carbocycles. The molecular formula is C17H23N3O2S. The van der Waals surface area contributed by atoms with E-state index >= 15 is 0 Å². The number of rotatable bonds is 3. The number of amides is 2. The first kappa shape index (κ1) is 16.3. The SMILES string of the molecule is O=C1CCSCC(C(=O)N2CCN(Cc3ccccc3)CC2)N1. The Morgan fingerprint density at radius 3 is 2.65 bits per heavy atom. The molecule has 0 spiro atoms. The molecule has 1 atom stereocenters. The molecule has 0 bridgehead atoms. The average Bonchev–Trinajstić information content (AvgIpc) is 2.80. The van der Waals surface area contributed by atoms with Gasteiger partial charge in [-0.05, 0) is 5.56 Å². The molecule has 2 heterocycles. The van der Waals surface area contributed by atoms with Crippen molar-refractivity contribution in [1.82, 2.24) is 15.1 Å². The minimum Gasteiger partial charge on any atom is -0.343 e. The molecule has 124 valence electrons. The molecular weight excluding hydrogens is 310 g/mol. The van der Waals surface area contributed by atoms with Gasteiger partial charge in [-0.15, -0.1) is 0 Å². The number of piperazine rings is 1. The van der Waals surface area contributed by atoms with Crippen molar-refractivity contribution in [3.8, 4) is 0 Å². The maximum absolute atomic E-state index is 12.6. The van der Waals surface area contributed by atoms with E-state index in [0.29, 0.717) is 12.2 Å². The number of thioether (sulfide) groups is 1. The zero-order valence-electron chi connectivity index (χ0n) is 13.2. The minimum atomic E-state index is -0.351. The molecule has 2 saturated heterocycles. The molecule has 3 rings (SSSR count). The average molecular weight is 333 g/mol. The van der Waals surface area contributed by atoms with E-state index in [2.05, 4.69) is 34.5 Å². The van der Waals surface area contributed by atoms with Crippen LogP contribution in [0.15, 0.2) is 30.3 Å². The highest BCUT2D eigenvalue weighted by atomic mass is 32.2. The van der Waals surface area contributed by atoms with E-state index in [1.165, 1.54) is 5.56 Å². The third kappa shape index (κ3) is 4.48. The number of benzene rings is 1. The van der Waals surface area contributed by atoms with E-state index in [1.54, 1.807) is 11.8 Å². The normalized spacial score (nSPS) is 23.2. The van der Waals surface area contributed by atoms with Gasteiger partial charge in [-0.3, -0.25) is 14.5 Å². The Balaban J connectivity index is 1.50. The first-order chi connectivity index (χ1) is 11.2. The Labute approximate surface area is 141 Å². The molecule has 1 unspecified atom stereocenters. The summed E-state index contributed by atoms with van der Waals surface area (Å²) in [6, 6.07) is 10.1. The maximum atomic E-state index is 12.6. The molecule has 2 fully saturated rings. The molecule has 23 heavy (non-hydrogen) atoms. The fraction of sp³-hybridized carbons (Fsp3) is 0.529. The van der Waals surface area contributed by atoms with Gasteiger partial charge in [-0.2, -0.15) is 11.8 Å². The second-order valence-electron chi connectivity index (χ2n) is 6.03. The van der Waals surface area contributed by atoms with E-state index in [4.69, 9.17) is 0 Å². The Morgan fingerprint density at radius 1 is 1.17 bits per heavy atom. The lowest BCUT2D eigenvalue weighted by molar-refractivity contribution is -0.137. The Hall–Kier alpha value is -1.53. The summed E-state index contributed by atoms with van der Waals surface area (Å²) in [5, 5.41) is 2.86. The lowest BCUT2D eigenvalue weighted by Gasteiger charge is -2.36. The zero-order chi connectivity index (χ0) is 16.1. The van der Waals surface area contributed by atoms with Crippen LogP contribution in [-0.2, 0) is 16.1 Å². The van der Waals surface area contributed by atoms with Gasteiger partial charge in [0.2, 0.25) is 11.8 Å². The van der Waals surface area contributed by atoms with E-state index in [-0.39, 0.29) is 17.9 Å². The van der Waals surface area contributed by atoms with Crippen LogP contribution in [0, 0.1) is 0 Å². The second-order valence-corrected chi connectivity index (χ2v) is 7.18. The lowest BCUT2D eigenvalue weighted by atomic mass is 10.2. The van der Waals surface area contributed by atoms with Crippen LogP contribution in [0.25, 0.3) is 0 Å². The topological polar surface area (TPSA) is 52.7 Å². The van der Waals surface area contributed by atoms with Gasteiger partial charge in [0.25, 0.3) is 0 Å². The Kier molecular flexibility index (Phi) is 5.56. The molecule has 5 nitrogen and oxygen atoms in total. The zero-order valence-corrected chi connectivity index (χ0v) is 14.1. The molecule has 6 heteroatoms. The lowest BCUT2D eigenvalue weighted by Crippen LogP contribution is -2.55. The summed E-state index contributed by atoms with van der Waals surface area (Å²) >= 11 is 1.68. The quantitative estimate of drug-likeness (QED) is 0.895. The van der Waals surface area contributed by atoms with Gasteiger partial charge in [0.05, 0.1) is 0 Å². The van der Waals surface area contributed by atoms with E-state index < -0.39 is 0 Å². The van der Waals surface area contributed by atoms with E-state index in [9.17, 15) is 9.59 Å². The van der Waals surface area contributed by atoms with Crippen molar-refractivity contribution in [2.45, 2.75) is 19.0 Å². The number of hydrogen-bond donors (Lipinski definition) is 1. The van der Waals surface area contributed by atoms with Crippen LogP contribution in [0.5, 0.6) is 0 Å². The number of nitrogens with one attached hydrogen (secondary N) is 1. The summed E-state index contributed by atoms with van der Waals surface area (Å²) in [6.45, 7) is 4.17. The monoisotopic (exact) mass is 333 g/mol. The summed E-state index contributed by atoms with van der Waals surface area (Å²) in [7, 11) is 0. The summed E-state index contributed by atoms with van der Waals surface area (Å²) in [6.07, 6.45) is 0.513. The number of hydrogen-bond acceptors (Lipinski definition) is 4. The van der Waals surface area contributed by atoms with Crippen molar-refractivity contribution in [3.05, 3.63) is 35.9 Å². The van der Waals surface area contributed by atoms with Gasteiger partial charge in [0.15, 0.2) is 0 Å². The van der Waals surface area contributed by atoms with Crippen LogP contribution in [0.2, 0.25) is 0 Å². The standard InChI is InChI=1S/C17H23N3O2S/c21-16-6-11-23-13-15(18-16)17(22)20-9-7-19(8-10-20)12-14-4-2-1-3-5-14/h1-5,15H,6-13H2,(H,18,21). The minimum absolute atomic E-state index is 0.00364. The van der Waals surface area contributed by atoms with Crippen LogP contribution < -0.4 is 5.32 Å². The largest absolute Gasteiger partial charge is 0.343 e. The van der Waals surface area contributed by atoms with Crippen LogP contribution in [0.1, 0.15) is 12.0 Å². The fourth-order valence-electron chi connectivity index (χ4n) is 3.00.